The molecule has 0 radical (unpaired) electrons. The minimum atomic E-state index is 0.425. The normalized spacial score (nSPS) is 19.3. The summed E-state index contributed by atoms with van der Waals surface area (Å²) in [6, 6.07) is 0.425. The lowest BCUT2D eigenvalue weighted by Crippen LogP contribution is -2.29. The summed E-state index contributed by atoms with van der Waals surface area (Å²) in [4.78, 5) is 5.70. The number of aromatic nitrogens is 1. The maximum atomic E-state index is 4.39. The van der Waals surface area contributed by atoms with E-state index in [2.05, 4.69) is 24.1 Å². The molecule has 3 heteroatoms. The molecule has 1 aromatic rings. The van der Waals surface area contributed by atoms with Gasteiger partial charge in [-0.3, -0.25) is 0 Å². The molecule has 0 aromatic carbocycles. The Morgan fingerprint density at radius 1 is 1.64 bits per heavy atom. The van der Waals surface area contributed by atoms with E-state index in [0.717, 1.165) is 5.92 Å². The highest BCUT2D eigenvalue weighted by molar-refractivity contribution is 7.11. The molecule has 1 aliphatic rings. The molecule has 1 aliphatic carbocycles. The predicted molar refractivity (Wildman–Crippen MR) is 60.6 cm³/mol. The third-order valence-corrected chi connectivity index (χ3v) is 4.04. The van der Waals surface area contributed by atoms with Crippen LogP contribution in [0, 0.1) is 12.8 Å². The number of rotatable bonds is 4. The zero-order chi connectivity index (χ0) is 9.97. The Morgan fingerprint density at radius 2 is 2.43 bits per heavy atom. The topological polar surface area (TPSA) is 24.9 Å². The van der Waals surface area contributed by atoms with Crippen molar-refractivity contribution in [3.05, 3.63) is 16.1 Å². The summed E-state index contributed by atoms with van der Waals surface area (Å²) in [5, 5.41) is 4.79. The third kappa shape index (κ3) is 2.34. The Hall–Kier alpha value is -0.410. The van der Waals surface area contributed by atoms with Crippen molar-refractivity contribution < 1.29 is 0 Å². The lowest BCUT2D eigenvalue weighted by Gasteiger charge is -2.26. The molecule has 2 rings (SSSR count). The van der Waals surface area contributed by atoms with Gasteiger partial charge in [-0.1, -0.05) is 6.42 Å². The van der Waals surface area contributed by atoms with E-state index in [9.17, 15) is 0 Å². The molecule has 1 saturated carbocycles. The van der Waals surface area contributed by atoms with E-state index in [-0.39, 0.29) is 0 Å². The van der Waals surface area contributed by atoms with Crippen LogP contribution in [0.25, 0.3) is 0 Å². The van der Waals surface area contributed by atoms with Gasteiger partial charge in [-0.25, -0.2) is 4.98 Å². The predicted octanol–water partition coefficient (Wildman–Crippen LogP) is 2.90. The molecule has 0 spiro atoms. The molecule has 78 valence electrons. The fourth-order valence-corrected chi connectivity index (χ4v) is 2.50. The van der Waals surface area contributed by atoms with E-state index in [4.69, 9.17) is 0 Å². The Morgan fingerprint density at radius 3 is 2.93 bits per heavy atom. The number of nitrogens with one attached hydrogen (secondary N) is 1. The summed E-state index contributed by atoms with van der Waals surface area (Å²) >= 11 is 1.80. The van der Waals surface area contributed by atoms with E-state index in [0.29, 0.717) is 6.04 Å². The van der Waals surface area contributed by atoms with Crippen molar-refractivity contribution in [1.29, 1.82) is 0 Å². The van der Waals surface area contributed by atoms with Gasteiger partial charge in [0.05, 0.1) is 6.04 Å². The molecule has 0 aliphatic heterocycles. The number of thiazole rings is 1. The van der Waals surface area contributed by atoms with Crippen molar-refractivity contribution in [2.24, 2.45) is 5.92 Å². The molecular weight excluding hydrogens is 192 g/mol. The minimum absolute atomic E-state index is 0.425. The zero-order valence-electron chi connectivity index (χ0n) is 8.92. The monoisotopic (exact) mass is 210 g/mol. The molecular formula is C11H18N2S. The molecule has 2 nitrogen and oxygen atoms in total. The molecule has 1 N–H and O–H groups in total. The minimum Gasteiger partial charge on any atom is -0.308 e. The van der Waals surface area contributed by atoms with E-state index in [1.54, 1.807) is 11.3 Å². The van der Waals surface area contributed by atoms with Crippen molar-refractivity contribution in [2.45, 2.75) is 39.2 Å². The van der Waals surface area contributed by atoms with Gasteiger partial charge in [0.2, 0.25) is 0 Å². The summed E-state index contributed by atoms with van der Waals surface area (Å²) in [5.41, 5.74) is 0. The molecule has 0 saturated heterocycles. The van der Waals surface area contributed by atoms with Crippen LogP contribution in [0.3, 0.4) is 0 Å². The maximum Gasteiger partial charge on any atom is 0.109 e. The number of hydrogen-bond donors (Lipinski definition) is 1. The second kappa shape index (κ2) is 4.41. The maximum absolute atomic E-state index is 4.39. The van der Waals surface area contributed by atoms with E-state index in [1.807, 2.05) is 6.20 Å². The quantitative estimate of drug-likeness (QED) is 0.826. The zero-order valence-corrected chi connectivity index (χ0v) is 9.73. The first-order chi connectivity index (χ1) is 6.75. The van der Waals surface area contributed by atoms with Gasteiger partial charge in [-0.2, -0.15) is 0 Å². The van der Waals surface area contributed by atoms with Gasteiger partial charge < -0.3 is 5.32 Å². The van der Waals surface area contributed by atoms with Gasteiger partial charge in [0.1, 0.15) is 5.01 Å². The molecule has 0 bridgehead atoms. The van der Waals surface area contributed by atoms with Crippen LogP contribution in [0.4, 0.5) is 0 Å². The summed E-state index contributed by atoms with van der Waals surface area (Å²) in [6.45, 7) is 5.48. The van der Waals surface area contributed by atoms with Crippen LogP contribution in [0.5, 0.6) is 0 Å². The van der Waals surface area contributed by atoms with E-state index >= 15 is 0 Å². The third-order valence-electron chi connectivity index (χ3n) is 2.95. The number of hydrogen-bond acceptors (Lipinski definition) is 3. The van der Waals surface area contributed by atoms with Gasteiger partial charge in [0.25, 0.3) is 0 Å². The fraction of sp³-hybridized carbons (Fsp3) is 0.727. The van der Waals surface area contributed by atoms with Gasteiger partial charge in [0, 0.05) is 11.1 Å². The molecule has 14 heavy (non-hydrogen) atoms. The summed E-state index contributed by atoms with van der Waals surface area (Å²) < 4.78 is 0. The van der Waals surface area contributed by atoms with Crippen LogP contribution in [0.1, 0.15) is 42.1 Å². The first-order valence-electron chi connectivity index (χ1n) is 5.41. The Kier molecular flexibility index (Phi) is 3.19. The van der Waals surface area contributed by atoms with E-state index < -0.39 is 0 Å². The lowest BCUT2D eigenvalue weighted by molar-refractivity contribution is 0.292. The van der Waals surface area contributed by atoms with Crippen LogP contribution < -0.4 is 5.32 Å². The Labute approximate surface area is 89.8 Å². The summed E-state index contributed by atoms with van der Waals surface area (Å²) in [5.74, 6) is 0.929. The van der Waals surface area contributed by atoms with Crippen LogP contribution in [0.2, 0.25) is 0 Å². The smallest absolute Gasteiger partial charge is 0.109 e. The average Bonchev–Trinajstić information content (AvgIpc) is 2.49. The molecule has 1 fully saturated rings. The largest absolute Gasteiger partial charge is 0.308 e. The van der Waals surface area contributed by atoms with E-state index in [1.165, 1.54) is 35.7 Å². The van der Waals surface area contributed by atoms with Crippen LogP contribution in [-0.2, 0) is 0 Å². The molecule has 1 aromatic heterocycles. The second-order valence-electron chi connectivity index (χ2n) is 4.24. The Bertz CT molecular complexity index is 291. The van der Waals surface area contributed by atoms with Crippen molar-refractivity contribution >= 4 is 11.3 Å². The molecule has 1 atom stereocenters. The standard InChI is InChI=1S/C11H18N2S/c1-8-6-13-11(14-8)9(2)12-7-10-4-3-5-10/h6,9-10,12H,3-5,7H2,1-2H3. The second-order valence-corrected chi connectivity index (χ2v) is 5.50. The first kappa shape index (κ1) is 10.1. The van der Waals surface area contributed by atoms with Gasteiger partial charge in [-0.05, 0) is 39.2 Å². The number of nitrogens with zero attached hydrogens (tertiary/aromatic N) is 1. The number of aryl methyl sites for hydroxylation is 1. The molecule has 1 heterocycles. The molecule has 0 amide bonds. The lowest BCUT2D eigenvalue weighted by atomic mass is 9.85. The SMILES string of the molecule is Cc1cnc(C(C)NCC2CCC2)s1. The van der Waals surface area contributed by atoms with Crippen molar-refractivity contribution in [3.63, 3.8) is 0 Å². The van der Waals surface area contributed by atoms with Crippen molar-refractivity contribution in [3.8, 4) is 0 Å². The Balaban J connectivity index is 1.79. The highest BCUT2D eigenvalue weighted by Gasteiger charge is 2.18. The van der Waals surface area contributed by atoms with Gasteiger partial charge in [-0.15, -0.1) is 11.3 Å². The van der Waals surface area contributed by atoms with Crippen LogP contribution >= 0.6 is 11.3 Å². The highest BCUT2D eigenvalue weighted by atomic mass is 32.1. The average molecular weight is 210 g/mol. The van der Waals surface area contributed by atoms with Crippen molar-refractivity contribution in [2.75, 3.05) is 6.54 Å². The van der Waals surface area contributed by atoms with Crippen molar-refractivity contribution in [1.82, 2.24) is 10.3 Å². The summed E-state index contributed by atoms with van der Waals surface area (Å²) in [6.07, 6.45) is 6.21. The molecule has 1 unspecified atom stereocenters. The van der Waals surface area contributed by atoms with Crippen LogP contribution in [-0.4, -0.2) is 11.5 Å². The fourth-order valence-electron chi connectivity index (χ4n) is 1.70. The van der Waals surface area contributed by atoms with Gasteiger partial charge >= 0.3 is 0 Å². The van der Waals surface area contributed by atoms with Gasteiger partial charge in [0.15, 0.2) is 0 Å². The first-order valence-corrected chi connectivity index (χ1v) is 6.23. The summed E-state index contributed by atoms with van der Waals surface area (Å²) in [7, 11) is 0. The highest BCUT2D eigenvalue weighted by Crippen LogP contribution is 2.26. The van der Waals surface area contributed by atoms with Crippen LogP contribution in [0.15, 0.2) is 6.20 Å².